The van der Waals surface area contributed by atoms with Crippen molar-refractivity contribution in [2.75, 3.05) is 13.2 Å². The van der Waals surface area contributed by atoms with Gasteiger partial charge in [-0.05, 0) is 44.5 Å². The van der Waals surface area contributed by atoms with Gasteiger partial charge in [0.05, 0.1) is 18.2 Å². The highest BCUT2D eigenvalue weighted by molar-refractivity contribution is 5.96. The number of furan rings is 1. The molecule has 0 saturated heterocycles. The molecule has 0 spiro atoms. The molecule has 2 amide bonds. The van der Waals surface area contributed by atoms with E-state index in [1.807, 2.05) is 50.2 Å². The molecule has 152 valence electrons. The van der Waals surface area contributed by atoms with Crippen molar-refractivity contribution in [3.05, 3.63) is 65.9 Å². The van der Waals surface area contributed by atoms with Gasteiger partial charge < -0.3 is 19.8 Å². The number of benzene rings is 2. The number of rotatable bonds is 9. The number of hydrogen-bond acceptors (Lipinski definition) is 4. The molecule has 0 saturated carbocycles. The maximum Gasteiger partial charge on any atom is 0.255 e. The van der Waals surface area contributed by atoms with Crippen molar-refractivity contribution in [3.8, 4) is 5.75 Å². The Hall–Kier alpha value is -3.28. The van der Waals surface area contributed by atoms with Gasteiger partial charge in [0.2, 0.25) is 5.91 Å². The maximum atomic E-state index is 12.3. The van der Waals surface area contributed by atoms with Crippen LogP contribution in [0.5, 0.6) is 5.75 Å². The number of amides is 2. The van der Waals surface area contributed by atoms with Crippen molar-refractivity contribution >= 4 is 22.8 Å². The predicted molar refractivity (Wildman–Crippen MR) is 112 cm³/mol. The van der Waals surface area contributed by atoms with E-state index in [-0.39, 0.29) is 17.9 Å². The first-order valence-corrected chi connectivity index (χ1v) is 9.86. The third kappa shape index (κ3) is 5.38. The third-order valence-electron chi connectivity index (χ3n) is 4.55. The molecule has 0 aliphatic heterocycles. The number of carbonyl (C=O) groups is 2. The summed E-state index contributed by atoms with van der Waals surface area (Å²) in [6.45, 7) is 4.67. The minimum atomic E-state index is -0.220. The van der Waals surface area contributed by atoms with Gasteiger partial charge in [0, 0.05) is 18.4 Å². The molecule has 3 rings (SSSR count). The second-order valence-electron chi connectivity index (χ2n) is 6.76. The first kappa shape index (κ1) is 20.5. The van der Waals surface area contributed by atoms with E-state index >= 15 is 0 Å². The molecule has 0 unspecified atom stereocenters. The molecule has 0 aliphatic carbocycles. The van der Waals surface area contributed by atoms with Crippen LogP contribution in [0.25, 0.3) is 11.0 Å². The van der Waals surface area contributed by atoms with Gasteiger partial charge in [-0.2, -0.15) is 0 Å². The van der Waals surface area contributed by atoms with Crippen LogP contribution < -0.4 is 15.4 Å². The molecular weight excluding hydrogens is 368 g/mol. The maximum absolute atomic E-state index is 12.3. The van der Waals surface area contributed by atoms with Crippen LogP contribution in [0.4, 0.5) is 0 Å². The van der Waals surface area contributed by atoms with E-state index in [4.69, 9.17) is 9.15 Å². The lowest BCUT2D eigenvalue weighted by atomic mass is 10.2. The Morgan fingerprint density at radius 2 is 1.86 bits per heavy atom. The smallest absolute Gasteiger partial charge is 0.255 e. The largest absolute Gasteiger partial charge is 0.493 e. The fourth-order valence-corrected chi connectivity index (χ4v) is 3.08. The zero-order valence-corrected chi connectivity index (χ0v) is 16.7. The molecule has 0 radical (unpaired) electrons. The first-order chi connectivity index (χ1) is 14.1. The number of para-hydroxylation sites is 2. The first-order valence-electron chi connectivity index (χ1n) is 9.86. The van der Waals surface area contributed by atoms with E-state index in [1.165, 1.54) is 0 Å². The third-order valence-corrected chi connectivity index (χ3v) is 4.55. The Morgan fingerprint density at radius 1 is 1.10 bits per heavy atom. The zero-order valence-electron chi connectivity index (χ0n) is 16.7. The van der Waals surface area contributed by atoms with Gasteiger partial charge >= 0.3 is 0 Å². The van der Waals surface area contributed by atoms with Crippen LogP contribution >= 0.6 is 0 Å². The highest BCUT2D eigenvalue weighted by Crippen LogP contribution is 2.23. The number of hydrogen-bond donors (Lipinski definition) is 2. The van der Waals surface area contributed by atoms with Crippen LogP contribution in [0.15, 0.2) is 59.0 Å². The summed E-state index contributed by atoms with van der Waals surface area (Å²) in [4.78, 5) is 24.5. The molecule has 0 fully saturated rings. The summed E-state index contributed by atoms with van der Waals surface area (Å²) in [5.74, 6) is 0.998. The lowest BCUT2D eigenvalue weighted by Crippen LogP contribution is -2.29. The Morgan fingerprint density at radius 3 is 2.66 bits per heavy atom. The SMILES string of the molecule is CCOc1ccccc1C(=O)NCCCC(=O)N[C@@H](C)c1cc2ccccc2o1. The van der Waals surface area contributed by atoms with Gasteiger partial charge in [-0.25, -0.2) is 0 Å². The van der Waals surface area contributed by atoms with Gasteiger partial charge in [0.15, 0.2) is 0 Å². The summed E-state index contributed by atoms with van der Waals surface area (Å²) >= 11 is 0. The monoisotopic (exact) mass is 394 g/mol. The topological polar surface area (TPSA) is 80.6 Å². The van der Waals surface area contributed by atoms with Crippen LogP contribution in [0.1, 0.15) is 48.8 Å². The van der Waals surface area contributed by atoms with Crippen LogP contribution in [0.2, 0.25) is 0 Å². The minimum Gasteiger partial charge on any atom is -0.493 e. The normalized spacial score (nSPS) is 11.8. The number of ether oxygens (including phenoxy) is 1. The molecule has 29 heavy (non-hydrogen) atoms. The molecule has 1 heterocycles. The van der Waals surface area contributed by atoms with Crippen LogP contribution in [-0.4, -0.2) is 25.0 Å². The van der Waals surface area contributed by atoms with Crippen molar-refractivity contribution < 1.29 is 18.7 Å². The molecule has 2 N–H and O–H groups in total. The van der Waals surface area contributed by atoms with Crippen molar-refractivity contribution in [1.29, 1.82) is 0 Å². The second-order valence-corrected chi connectivity index (χ2v) is 6.76. The Kier molecular flexibility index (Phi) is 6.89. The van der Waals surface area contributed by atoms with Gasteiger partial charge in [-0.15, -0.1) is 0 Å². The fourth-order valence-electron chi connectivity index (χ4n) is 3.08. The second kappa shape index (κ2) is 9.78. The molecule has 3 aromatic rings. The highest BCUT2D eigenvalue weighted by Gasteiger charge is 2.15. The summed E-state index contributed by atoms with van der Waals surface area (Å²) in [5.41, 5.74) is 1.30. The van der Waals surface area contributed by atoms with Crippen molar-refractivity contribution in [3.63, 3.8) is 0 Å². The molecule has 1 atom stereocenters. The quantitative estimate of drug-likeness (QED) is 0.533. The molecule has 6 heteroatoms. The van der Waals surface area contributed by atoms with Crippen LogP contribution in [0, 0.1) is 0 Å². The Labute approximate surface area is 170 Å². The minimum absolute atomic E-state index is 0.0816. The van der Waals surface area contributed by atoms with Gasteiger partial charge in [-0.1, -0.05) is 30.3 Å². The van der Waals surface area contributed by atoms with Crippen molar-refractivity contribution in [2.45, 2.75) is 32.7 Å². The van der Waals surface area contributed by atoms with Gasteiger partial charge in [0.25, 0.3) is 5.91 Å². The highest BCUT2D eigenvalue weighted by atomic mass is 16.5. The average molecular weight is 394 g/mol. The van der Waals surface area contributed by atoms with E-state index in [0.717, 1.165) is 16.7 Å². The Balaban J connectivity index is 1.43. The molecule has 2 aromatic carbocycles. The summed E-state index contributed by atoms with van der Waals surface area (Å²) in [5, 5.41) is 6.79. The summed E-state index contributed by atoms with van der Waals surface area (Å²) < 4.78 is 11.3. The number of carbonyl (C=O) groups excluding carboxylic acids is 2. The fraction of sp³-hybridized carbons (Fsp3) is 0.304. The van der Waals surface area contributed by atoms with E-state index in [1.54, 1.807) is 18.2 Å². The molecule has 6 nitrogen and oxygen atoms in total. The lowest BCUT2D eigenvalue weighted by Gasteiger charge is -2.12. The number of fused-ring (bicyclic) bond motifs is 1. The average Bonchev–Trinajstić information content (AvgIpc) is 3.16. The van der Waals surface area contributed by atoms with Crippen molar-refractivity contribution in [1.82, 2.24) is 10.6 Å². The molecule has 0 bridgehead atoms. The zero-order chi connectivity index (χ0) is 20.6. The number of nitrogens with one attached hydrogen (secondary N) is 2. The Bertz CT molecular complexity index is 947. The van der Waals surface area contributed by atoms with Crippen LogP contribution in [-0.2, 0) is 4.79 Å². The summed E-state index contributed by atoms with van der Waals surface area (Å²) in [6.07, 6.45) is 0.860. The standard InChI is InChI=1S/C23H26N2O4/c1-3-28-20-12-7-5-10-18(20)23(27)24-14-8-13-22(26)25-16(2)21-15-17-9-4-6-11-19(17)29-21/h4-7,9-12,15-16H,3,8,13-14H2,1-2H3,(H,24,27)(H,25,26)/t16-/m0/s1. The van der Waals surface area contributed by atoms with E-state index in [2.05, 4.69) is 10.6 Å². The van der Waals surface area contributed by atoms with Crippen molar-refractivity contribution in [2.24, 2.45) is 0 Å². The molecular formula is C23H26N2O4. The van der Waals surface area contributed by atoms with Gasteiger partial charge in [0.1, 0.15) is 17.1 Å². The molecule has 0 aliphatic rings. The van der Waals surface area contributed by atoms with E-state index in [0.29, 0.717) is 37.3 Å². The van der Waals surface area contributed by atoms with E-state index in [9.17, 15) is 9.59 Å². The van der Waals surface area contributed by atoms with Gasteiger partial charge in [-0.3, -0.25) is 9.59 Å². The lowest BCUT2D eigenvalue weighted by molar-refractivity contribution is -0.121. The molecule has 1 aromatic heterocycles. The van der Waals surface area contributed by atoms with E-state index < -0.39 is 0 Å². The predicted octanol–water partition coefficient (Wildman–Crippen LogP) is 4.22. The summed E-state index contributed by atoms with van der Waals surface area (Å²) in [7, 11) is 0. The van der Waals surface area contributed by atoms with Crippen LogP contribution in [0.3, 0.4) is 0 Å². The summed E-state index contributed by atoms with van der Waals surface area (Å²) in [6, 6.07) is 16.6.